The molecule has 2 aliphatic heterocycles. The van der Waals surface area contributed by atoms with Crippen LogP contribution in [0, 0.1) is 5.41 Å². The normalized spacial score (nSPS) is 20.5. The van der Waals surface area contributed by atoms with E-state index < -0.39 is 11.7 Å². The lowest BCUT2D eigenvalue weighted by Crippen LogP contribution is -2.34. The molecule has 2 aliphatic rings. The van der Waals surface area contributed by atoms with E-state index in [0.29, 0.717) is 35.0 Å². The summed E-state index contributed by atoms with van der Waals surface area (Å²) in [6.07, 6.45) is -2.46. The summed E-state index contributed by atoms with van der Waals surface area (Å²) in [4.78, 5) is 6.13. The van der Waals surface area contributed by atoms with Crippen molar-refractivity contribution in [3.63, 3.8) is 0 Å². The second-order valence-corrected chi connectivity index (χ2v) is 7.66. The molecular weight excluding hydrogens is 391 g/mol. The van der Waals surface area contributed by atoms with Crippen molar-refractivity contribution < 1.29 is 23.0 Å². The Morgan fingerprint density at radius 1 is 1.36 bits per heavy atom. The standard InChI is InChI=1S/C19H18F3N3O2S/c20-19(21,22)12-4-1-3-11(7-12)14-10-28-18(24-14)16-15(26)9-25(17(16)23)8-13-5-2-6-27-13/h1,3-4,7,10,13,23,26H,2,5-6,8-9H2/t13-/m0/s1. The van der Waals surface area contributed by atoms with Crippen LogP contribution in [-0.4, -0.2) is 46.6 Å². The molecule has 9 heteroatoms. The molecule has 0 radical (unpaired) electrons. The summed E-state index contributed by atoms with van der Waals surface area (Å²) in [5, 5.41) is 20.8. The summed E-state index contributed by atoms with van der Waals surface area (Å²) < 4.78 is 44.4. The monoisotopic (exact) mass is 409 g/mol. The fourth-order valence-corrected chi connectivity index (χ4v) is 4.32. The topological polar surface area (TPSA) is 69.4 Å². The van der Waals surface area contributed by atoms with Crippen molar-refractivity contribution in [2.75, 3.05) is 19.7 Å². The summed E-state index contributed by atoms with van der Waals surface area (Å²) in [6.45, 7) is 1.45. The number of hydrogen-bond donors (Lipinski definition) is 2. The van der Waals surface area contributed by atoms with E-state index in [1.54, 1.807) is 16.3 Å². The highest BCUT2D eigenvalue weighted by Crippen LogP contribution is 2.35. The number of aliphatic hydroxyl groups is 1. The van der Waals surface area contributed by atoms with Gasteiger partial charge in [0, 0.05) is 24.1 Å². The molecule has 148 valence electrons. The van der Waals surface area contributed by atoms with E-state index in [0.717, 1.165) is 25.0 Å². The van der Waals surface area contributed by atoms with Crippen LogP contribution in [0.15, 0.2) is 35.4 Å². The first-order valence-electron chi connectivity index (χ1n) is 8.84. The predicted molar refractivity (Wildman–Crippen MR) is 100 cm³/mol. The van der Waals surface area contributed by atoms with Gasteiger partial charge in [-0.2, -0.15) is 13.2 Å². The van der Waals surface area contributed by atoms with Crippen molar-refractivity contribution >= 4 is 22.7 Å². The second kappa shape index (κ2) is 7.21. The number of alkyl halides is 3. The number of thiazole rings is 1. The molecule has 5 nitrogen and oxygen atoms in total. The minimum atomic E-state index is -4.42. The van der Waals surface area contributed by atoms with Crippen LogP contribution in [0.3, 0.4) is 0 Å². The minimum absolute atomic E-state index is 0.0458. The predicted octanol–water partition coefficient (Wildman–Crippen LogP) is 4.57. The third-order valence-corrected chi connectivity index (χ3v) is 5.69. The van der Waals surface area contributed by atoms with Gasteiger partial charge < -0.3 is 14.7 Å². The Labute approximate surface area is 163 Å². The molecule has 0 spiro atoms. The molecule has 1 aromatic carbocycles. The lowest BCUT2D eigenvalue weighted by Gasteiger charge is -2.21. The molecular formula is C19H18F3N3O2S. The van der Waals surface area contributed by atoms with E-state index in [9.17, 15) is 18.3 Å². The van der Waals surface area contributed by atoms with Crippen molar-refractivity contribution in [3.8, 4) is 11.3 Å². The Morgan fingerprint density at radius 3 is 2.89 bits per heavy atom. The fourth-order valence-electron chi connectivity index (χ4n) is 3.42. The quantitative estimate of drug-likeness (QED) is 0.776. The zero-order chi connectivity index (χ0) is 19.9. The minimum Gasteiger partial charge on any atom is -0.510 e. The van der Waals surface area contributed by atoms with Gasteiger partial charge >= 0.3 is 6.18 Å². The zero-order valence-corrected chi connectivity index (χ0v) is 15.6. The molecule has 4 rings (SSSR count). The zero-order valence-electron chi connectivity index (χ0n) is 14.8. The molecule has 0 unspecified atom stereocenters. The number of aliphatic hydroxyl groups excluding tert-OH is 1. The van der Waals surface area contributed by atoms with E-state index in [2.05, 4.69) is 4.98 Å². The van der Waals surface area contributed by atoms with Crippen LogP contribution in [0.4, 0.5) is 13.2 Å². The smallest absolute Gasteiger partial charge is 0.416 e. The molecule has 1 saturated heterocycles. The molecule has 3 heterocycles. The molecule has 0 saturated carbocycles. The van der Waals surface area contributed by atoms with Gasteiger partial charge in [0.25, 0.3) is 0 Å². The van der Waals surface area contributed by atoms with Gasteiger partial charge in [0.1, 0.15) is 16.6 Å². The molecule has 1 aromatic heterocycles. The molecule has 0 bridgehead atoms. The average molecular weight is 409 g/mol. The lowest BCUT2D eigenvalue weighted by atomic mass is 10.1. The van der Waals surface area contributed by atoms with Crippen LogP contribution in [0.25, 0.3) is 16.8 Å². The van der Waals surface area contributed by atoms with Crippen LogP contribution >= 0.6 is 11.3 Å². The van der Waals surface area contributed by atoms with E-state index in [1.807, 2.05) is 0 Å². The summed E-state index contributed by atoms with van der Waals surface area (Å²) in [6, 6.07) is 4.97. The van der Waals surface area contributed by atoms with E-state index in [1.165, 1.54) is 17.4 Å². The number of nitrogens with one attached hydrogen (secondary N) is 1. The van der Waals surface area contributed by atoms with Crippen LogP contribution < -0.4 is 0 Å². The van der Waals surface area contributed by atoms with Crippen LogP contribution in [-0.2, 0) is 10.9 Å². The number of aromatic nitrogens is 1. The third-order valence-electron chi connectivity index (χ3n) is 4.83. The Balaban J connectivity index is 1.56. The maximum absolute atomic E-state index is 12.9. The largest absolute Gasteiger partial charge is 0.510 e. The Hall–Kier alpha value is -2.39. The van der Waals surface area contributed by atoms with Gasteiger partial charge in [-0.15, -0.1) is 11.3 Å². The first-order valence-corrected chi connectivity index (χ1v) is 9.72. The second-order valence-electron chi connectivity index (χ2n) is 6.80. The summed E-state index contributed by atoms with van der Waals surface area (Å²) in [5.74, 6) is 0.214. The maximum Gasteiger partial charge on any atom is 0.416 e. The van der Waals surface area contributed by atoms with Crippen molar-refractivity contribution in [1.82, 2.24) is 9.88 Å². The third kappa shape index (κ3) is 3.64. The average Bonchev–Trinajstić information content (AvgIpc) is 3.37. The number of benzene rings is 1. The highest BCUT2D eigenvalue weighted by Gasteiger charge is 2.33. The molecule has 2 aromatic rings. The maximum atomic E-state index is 12.9. The lowest BCUT2D eigenvalue weighted by molar-refractivity contribution is -0.137. The van der Waals surface area contributed by atoms with Crippen LogP contribution in [0.2, 0.25) is 0 Å². The number of amidine groups is 1. The van der Waals surface area contributed by atoms with Gasteiger partial charge in [0.05, 0.1) is 29.5 Å². The van der Waals surface area contributed by atoms with Gasteiger partial charge in [0.15, 0.2) is 0 Å². The molecule has 2 N–H and O–H groups in total. The Morgan fingerprint density at radius 2 is 2.18 bits per heavy atom. The first-order chi connectivity index (χ1) is 13.3. The number of halogens is 3. The van der Waals surface area contributed by atoms with Crippen molar-refractivity contribution in [2.24, 2.45) is 0 Å². The van der Waals surface area contributed by atoms with Gasteiger partial charge in [-0.1, -0.05) is 12.1 Å². The fraction of sp³-hybridized carbons (Fsp3) is 0.368. The number of ether oxygens (including phenoxy) is 1. The molecule has 1 fully saturated rings. The van der Waals surface area contributed by atoms with Gasteiger partial charge in [-0.05, 0) is 25.0 Å². The van der Waals surface area contributed by atoms with Gasteiger partial charge in [-0.3, -0.25) is 5.41 Å². The van der Waals surface area contributed by atoms with E-state index in [4.69, 9.17) is 10.1 Å². The van der Waals surface area contributed by atoms with Crippen molar-refractivity contribution in [3.05, 3.63) is 46.0 Å². The van der Waals surface area contributed by atoms with Gasteiger partial charge in [0.2, 0.25) is 0 Å². The molecule has 1 atom stereocenters. The van der Waals surface area contributed by atoms with Crippen LogP contribution in [0.5, 0.6) is 0 Å². The number of nitrogens with zero attached hydrogens (tertiary/aromatic N) is 2. The SMILES string of the molecule is N=C1C(c2nc(-c3cccc(C(F)(F)F)c3)cs2)=C(O)CN1C[C@@H]1CCCO1. The summed E-state index contributed by atoms with van der Waals surface area (Å²) in [7, 11) is 0. The molecule has 0 amide bonds. The first kappa shape index (κ1) is 18.9. The molecule has 28 heavy (non-hydrogen) atoms. The number of hydrogen-bond acceptors (Lipinski definition) is 5. The Kier molecular flexibility index (Phi) is 4.88. The van der Waals surface area contributed by atoms with Gasteiger partial charge in [-0.25, -0.2) is 4.98 Å². The van der Waals surface area contributed by atoms with Crippen molar-refractivity contribution in [1.29, 1.82) is 5.41 Å². The highest BCUT2D eigenvalue weighted by atomic mass is 32.1. The Bertz CT molecular complexity index is 933. The molecule has 0 aliphatic carbocycles. The summed E-state index contributed by atoms with van der Waals surface area (Å²) >= 11 is 1.20. The van der Waals surface area contributed by atoms with E-state index >= 15 is 0 Å². The summed E-state index contributed by atoms with van der Waals surface area (Å²) in [5.41, 5.74) is 0.328. The van der Waals surface area contributed by atoms with Crippen LogP contribution in [0.1, 0.15) is 23.4 Å². The van der Waals surface area contributed by atoms with Crippen molar-refractivity contribution in [2.45, 2.75) is 25.1 Å². The van der Waals surface area contributed by atoms with E-state index in [-0.39, 0.29) is 24.2 Å². The highest BCUT2D eigenvalue weighted by molar-refractivity contribution is 7.11. The number of rotatable bonds is 4.